The second-order valence-corrected chi connectivity index (χ2v) is 7.48. The Morgan fingerprint density at radius 1 is 1.30 bits per heavy atom. The van der Waals surface area contributed by atoms with Crippen molar-refractivity contribution in [3.05, 3.63) is 29.3 Å². The third kappa shape index (κ3) is 7.04. The fraction of sp³-hybridized carbons (Fsp3) is 0.632. The van der Waals surface area contributed by atoms with E-state index in [-0.39, 0.29) is 24.0 Å². The number of benzene rings is 1. The van der Waals surface area contributed by atoms with Crippen LogP contribution >= 0.6 is 0 Å². The second-order valence-electron chi connectivity index (χ2n) is 7.48. The third-order valence-electron chi connectivity index (χ3n) is 3.76. The molecule has 0 saturated carbocycles. The minimum Gasteiger partial charge on any atom is -0.483 e. The number of nitrogens with one attached hydrogen (secondary N) is 1. The Morgan fingerprint density at radius 3 is 2.52 bits per heavy atom. The van der Waals surface area contributed by atoms with Crippen molar-refractivity contribution in [2.45, 2.75) is 60.0 Å². The van der Waals surface area contributed by atoms with Crippen molar-refractivity contribution >= 4 is 5.91 Å². The van der Waals surface area contributed by atoms with Crippen LogP contribution in [0.1, 0.15) is 58.1 Å². The molecule has 4 heteroatoms. The Labute approximate surface area is 140 Å². The first-order valence-corrected chi connectivity index (χ1v) is 8.29. The van der Waals surface area contributed by atoms with Gasteiger partial charge >= 0.3 is 0 Å². The lowest BCUT2D eigenvalue weighted by Gasteiger charge is -2.26. The highest BCUT2D eigenvalue weighted by Crippen LogP contribution is 2.27. The molecule has 23 heavy (non-hydrogen) atoms. The normalized spacial score (nSPS) is 13.0. The first-order chi connectivity index (χ1) is 10.6. The first kappa shape index (κ1) is 19.5. The zero-order valence-electron chi connectivity index (χ0n) is 15.3. The van der Waals surface area contributed by atoms with E-state index in [4.69, 9.17) is 4.74 Å². The molecule has 1 atom stereocenters. The molecule has 4 nitrogen and oxygen atoms in total. The molecule has 0 aromatic heterocycles. The van der Waals surface area contributed by atoms with Crippen molar-refractivity contribution in [3.8, 4) is 5.75 Å². The van der Waals surface area contributed by atoms with Crippen LogP contribution in [0.5, 0.6) is 5.75 Å². The van der Waals surface area contributed by atoms with Crippen molar-refractivity contribution < 1.29 is 14.6 Å². The van der Waals surface area contributed by atoms with Crippen LogP contribution in [0.25, 0.3) is 0 Å². The summed E-state index contributed by atoms with van der Waals surface area (Å²) in [6, 6.07) is 6.08. The molecule has 0 spiro atoms. The van der Waals surface area contributed by atoms with Crippen LogP contribution in [0.3, 0.4) is 0 Å². The maximum atomic E-state index is 12.0. The number of aryl methyl sites for hydroxylation is 1. The number of ether oxygens (including phenoxy) is 1. The van der Waals surface area contributed by atoms with Crippen molar-refractivity contribution in [1.82, 2.24) is 5.32 Å². The van der Waals surface area contributed by atoms with Crippen LogP contribution in [-0.2, 0) is 4.79 Å². The molecule has 2 N–H and O–H groups in total. The molecule has 0 fully saturated rings. The van der Waals surface area contributed by atoms with Crippen LogP contribution in [0, 0.1) is 12.3 Å². The largest absolute Gasteiger partial charge is 0.483 e. The van der Waals surface area contributed by atoms with Gasteiger partial charge in [-0.05, 0) is 48.8 Å². The lowest BCUT2D eigenvalue weighted by Crippen LogP contribution is -2.38. The molecular weight excluding hydrogens is 290 g/mol. The summed E-state index contributed by atoms with van der Waals surface area (Å²) in [4.78, 5) is 12.0. The number of hydrogen-bond donors (Lipinski definition) is 2. The van der Waals surface area contributed by atoms with Gasteiger partial charge in [0.1, 0.15) is 5.75 Å². The highest BCUT2D eigenvalue weighted by atomic mass is 16.5. The molecule has 1 rings (SSSR count). The smallest absolute Gasteiger partial charge is 0.257 e. The number of carbonyl (C=O) groups excluding carboxylic acids is 1. The van der Waals surface area contributed by atoms with E-state index in [1.165, 1.54) is 0 Å². The minimum atomic E-state index is -0.376. The van der Waals surface area contributed by atoms with Gasteiger partial charge in [0.2, 0.25) is 0 Å². The summed E-state index contributed by atoms with van der Waals surface area (Å²) < 4.78 is 5.73. The summed E-state index contributed by atoms with van der Waals surface area (Å²) in [5.41, 5.74) is 2.08. The van der Waals surface area contributed by atoms with E-state index in [0.717, 1.165) is 16.9 Å². The topological polar surface area (TPSA) is 58.6 Å². The maximum absolute atomic E-state index is 12.0. The standard InChI is InChI=1S/C19H31NO3/c1-13(2)16-8-7-14(3)9-17(16)23-11-18(22)20-12-19(5,6)10-15(4)21/h7-9,13,15,21H,10-12H2,1-6H3,(H,20,22). The molecule has 0 aliphatic heterocycles. The molecule has 1 amide bonds. The lowest BCUT2D eigenvalue weighted by atomic mass is 9.87. The quantitative estimate of drug-likeness (QED) is 0.771. The van der Waals surface area contributed by atoms with E-state index in [9.17, 15) is 9.90 Å². The molecule has 1 unspecified atom stereocenters. The Bertz CT molecular complexity index is 521. The van der Waals surface area contributed by atoms with E-state index >= 15 is 0 Å². The highest BCUT2D eigenvalue weighted by Gasteiger charge is 2.21. The number of rotatable bonds is 8. The fourth-order valence-electron chi connectivity index (χ4n) is 2.65. The number of carbonyl (C=O) groups is 1. The number of hydrogen-bond acceptors (Lipinski definition) is 3. The summed E-state index contributed by atoms with van der Waals surface area (Å²) in [6.45, 7) is 12.6. The van der Waals surface area contributed by atoms with Crippen LogP contribution in [-0.4, -0.2) is 30.3 Å². The average Bonchev–Trinajstić information content (AvgIpc) is 2.41. The van der Waals surface area contributed by atoms with Crippen LogP contribution in [0.4, 0.5) is 0 Å². The molecule has 130 valence electrons. The van der Waals surface area contributed by atoms with Gasteiger partial charge in [0.25, 0.3) is 5.91 Å². The molecule has 1 aromatic carbocycles. The van der Waals surface area contributed by atoms with Crippen molar-refractivity contribution in [2.24, 2.45) is 5.41 Å². The fourth-order valence-corrected chi connectivity index (χ4v) is 2.65. The Hall–Kier alpha value is -1.55. The molecule has 0 aliphatic rings. The van der Waals surface area contributed by atoms with Gasteiger partial charge in [-0.25, -0.2) is 0 Å². The molecular formula is C19H31NO3. The monoisotopic (exact) mass is 321 g/mol. The van der Waals surface area contributed by atoms with Gasteiger partial charge in [0.05, 0.1) is 6.10 Å². The van der Waals surface area contributed by atoms with E-state index in [1.807, 2.05) is 26.8 Å². The molecule has 0 aliphatic carbocycles. The van der Waals surface area contributed by atoms with Gasteiger partial charge in [-0.15, -0.1) is 0 Å². The number of aliphatic hydroxyl groups excluding tert-OH is 1. The Morgan fingerprint density at radius 2 is 1.96 bits per heavy atom. The van der Waals surface area contributed by atoms with Crippen LogP contribution in [0.15, 0.2) is 18.2 Å². The Kier molecular flexibility index (Phi) is 7.07. The summed E-state index contributed by atoms with van der Waals surface area (Å²) in [6.07, 6.45) is 0.266. The maximum Gasteiger partial charge on any atom is 0.257 e. The van der Waals surface area contributed by atoms with Crippen molar-refractivity contribution in [2.75, 3.05) is 13.2 Å². The number of aliphatic hydroxyl groups is 1. The van der Waals surface area contributed by atoms with E-state index in [1.54, 1.807) is 6.92 Å². The SMILES string of the molecule is Cc1ccc(C(C)C)c(OCC(=O)NCC(C)(C)CC(C)O)c1. The van der Waals surface area contributed by atoms with Crippen molar-refractivity contribution in [3.63, 3.8) is 0 Å². The van der Waals surface area contributed by atoms with Gasteiger partial charge < -0.3 is 15.2 Å². The summed E-state index contributed by atoms with van der Waals surface area (Å²) in [5, 5.41) is 12.4. The van der Waals surface area contributed by atoms with E-state index in [0.29, 0.717) is 18.9 Å². The van der Waals surface area contributed by atoms with Crippen LogP contribution < -0.4 is 10.1 Å². The van der Waals surface area contributed by atoms with E-state index in [2.05, 4.69) is 31.3 Å². The second kappa shape index (κ2) is 8.34. The predicted octanol–water partition coefficient (Wildman–Crippen LogP) is 3.41. The summed E-state index contributed by atoms with van der Waals surface area (Å²) in [5.74, 6) is 0.983. The molecule has 0 bridgehead atoms. The van der Waals surface area contributed by atoms with Crippen molar-refractivity contribution in [1.29, 1.82) is 0 Å². The average molecular weight is 321 g/mol. The van der Waals surface area contributed by atoms with E-state index < -0.39 is 0 Å². The predicted molar refractivity (Wildman–Crippen MR) is 93.9 cm³/mol. The van der Waals surface area contributed by atoms with Gasteiger partial charge in [0.15, 0.2) is 6.61 Å². The lowest BCUT2D eigenvalue weighted by molar-refractivity contribution is -0.123. The van der Waals surface area contributed by atoms with Gasteiger partial charge in [-0.2, -0.15) is 0 Å². The van der Waals surface area contributed by atoms with Crippen LogP contribution in [0.2, 0.25) is 0 Å². The molecule has 0 saturated heterocycles. The highest BCUT2D eigenvalue weighted by molar-refractivity contribution is 5.77. The minimum absolute atomic E-state index is 0.00787. The summed E-state index contributed by atoms with van der Waals surface area (Å²) >= 11 is 0. The summed E-state index contributed by atoms with van der Waals surface area (Å²) in [7, 11) is 0. The molecule has 1 aromatic rings. The van der Waals surface area contributed by atoms with Gasteiger partial charge in [-0.3, -0.25) is 4.79 Å². The Balaban J connectivity index is 2.55. The number of amides is 1. The zero-order chi connectivity index (χ0) is 17.6. The molecule has 0 heterocycles. The molecule has 0 radical (unpaired) electrons. The third-order valence-corrected chi connectivity index (χ3v) is 3.76. The van der Waals surface area contributed by atoms with Gasteiger partial charge in [-0.1, -0.05) is 39.8 Å². The zero-order valence-corrected chi connectivity index (χ0v) is 15.3. The van der Waals surface area contributed by atoms with Gasteiger partial charge in [0, 0.05) is 6.54 Å². The first-order valence-electron chi connectivity index (χ1n) is 8.29.